The summed E-state index contributed by atoms with van der Waals surface area (Å²) in [7, 11) is 0. The number of ketones is 1. The lowest BCUT2D eigenvalue weighted by molar-refractivity contribution is 0.104. The third kappa shape index (κ3) is 4.26. The molecule has 0 spiro atoms. The van der Waals surface area contributed by atoms with Gasteiger partial charge in [-0.1, -0.05) is 48.4 Å². The highest BCUT2D eigenvalue weighted by Gasteiger charge is 2.00. The van der Waals surface area contributed by atoms with Crippen LogP contribution in [0.1, 0.15) is 10.4 Å². The highest BCUT2D eigenvalue weighted by atomic mass is 16.1. The molecule has 0 unspecified atom stereocenters. The van der Waals surface area contributed by atoms with E-state index in [1.165, 1.54) is 6.08 Å². The molecule has 3 heteroatoms. The van der Waals surface area contributed by atoms with Crippen molar-refractivity contribution in [2.45, 2.75) is 0 Å². The zero-order chi connectivity index (χ0) is 14.9. The standard InChI is InChI=1S/C18H16N2O/c1-2-13-19-16-10-6-7-11-17(16)20-14-12-18(21)15-8-4-3-5-9-15/h1,3-12,14,19-20H,13H2. The molecule has 21 heavy (non-hydrogen) atoms. The van der Waals surface area contributed by atoms with Crippen LogP contribution in [0.4, 0.5) is 11.4 Å². The van der Waals surface area contributed by atoms with E-state index >= 15 is 0 Å². The Morgan fingerprint density at radius 3 is 2.43 bits per heavy atom. The number of carbonyl (C=O) groups is 1. The molecule has 2 aromatic carbocycles. The maximum absolute atomic E-state index is 11.9. The average Bonchev–Trinajstić information content (AvgIpc) is 2.54. The van der Waals surface area contributed by atoms with Gasteiger partial charge in [0.25, 0.3) is 0 Å². The molecule has 0 aliphatic rings. The zero-order valence-electron chi connectivity index (χ0n) is 11.5. The molecular weight excluding hydrogens is 260 g/mol. The Labute approximate surface area is 124 Å². The molecule has 2 rings (SSSR count). The molecule has 3 nitrogen and oxygen atoms in total. The van der Waals surface area contributed by atoms with Gasteiger partial charge in [0.15, 0.2) is 5.78 Å². The van der Waals surface area contributed by atoms with Crippen LogP contribution in [-0.2, 0) is 0 Å². The molecule has 0 aromatic heterocycles. The van der Waals surface area contributed by atoms with Crippen LogP contribution in [-0.4, -0.2) is 12.3 Å². The fraction of sp³-hybridized carbons (Fsp3) is 0.0556. The monoisotopic (exact) mass is 276 g/mol. The van der Waals surface area contributed by atoms with Crippen LogP contribution in [0.25, 0.3) is 0 Å². The molecule has 0 amide bonds. The fourth-order valence-corrected chi connectivity index (χ4v) is 1.82. The topological polar surface area (TPSA) is 41.1 Å². The van der Waals surface area contributed by atoms with E-state index in [1.807, 2.05) is 42.5 Å². The maximum atomic E-state index is 11.9. The van der Waals surface area contributed by atoms with Gasteiger partial charge < -0.3 is 10.6 Å². The summed E-state index contributed by atoms with van der Waals surface area (Å²) in [6.07, 6.45) is 8.38. The van der Waals surface area contributed by atoms with Gasteiger partial charge in [-0.3, -0.25) is 4.79 Å². The minimum absolute atomic E-state index is 0.0443. The Hall–Kier alpha value is -2.99. The van der Waals surface area contributed by atoms with Crippen molar-refractivity contribution in [2.75, 3.05) is 17.2 Å². The molecule has 0 aliphatic carbocycles. The zero-order valence-corrected chi connectivity index (χ0v) is 11.5. The van der Waals surface area contributed by atoms with Gasteiger partial charge in [-0.25, -0.2) is 0 Å². The molecule has 0 saturated carbocycles. The number of anilines is 2. The summed E-state index contributed by atoms with van der Waals surface area (Å²) in [5.74, 6) is 2.48. The van der Waals surface area contributed by atoms with Gasteiger partial charge >= 0.3 is 0 Å². The molecule has 2 N–H and O–H groups in total. The molecule has 0 saturated heterocycles. The quantitative estimate of drug-likeness (QED) is 0.481. The molecule has 0 fully saturated rings. The third-order valence-corrected chi connectivity index (χ3v) is 2.84. The van der Waals surface area contributed by atoms with Crippen molar-refractivity contribution in [1.29, 1.82) is 0 Å². The second-order valence-electron chi connectivity index (χ2n) is 4.31. The van der Waals surface area contributed by atoms with E-state index in [0.29, 0.717) is 12.1 Å². The SMILES string of the molecule is C#CCNc1ccccc1NC=CC(=O)c1ccccc1. The number of hydrogen-bond acceptors (Lipinski definition) is 3. The Bertz CT molecular complexity index is 669. The molecule has 0 atom stereocenters. The molecule has 0 aliphatic heterocycles. The van der Waals surface area contributed by atoms with E-state index < -0.39 is 0 Å². The van der Waals surface area contributed by atoms with Crippen LogP contribution in [0.15, 0.2) is 66.9 Å². The first-order chi connectivity index (χ1) is 10.3. The van der Waals surface area contributed by atoms with E-state index in [-0.39, 0.29) is 5.78 Å². The Balaban J connectivity index is 2.01. The van der Waals surface area contributed by atoms with Crippen molar-refractivity contribution in [3.8, 4) is 12.3 Å². The minimum Gasteiger partial charge on any atom is -0.372 e. The van der Waals surface area contributed by atoms with Crippen molar-refractivity contribution in [1.82, 2.24) is 0 Å². The number of benzene rings is 2. The number of terminal acetylenes is 1. The molecule has 0 bridgehead atoms. The van der Waals surface area contributed by atoms with E-state index in [9.17, 15) is 4.79 Å². The molecule has 0 radical (unpaired) electrons. The summed E-state index contributed by atoms with van der Waals surface area (Å²) in [6, 6.07) is 16.8. The van der Waals surface area contributed by atoms with Crippen LogP contribution in [0, 0.1) is 12.3 Å². The first kappa shape index (κ1) is 14.4. The van der Waals surface area contributed by atoms with E-state index in [1.54, 1.807) is 18.3 Å². The lowest BCUT2D eigenvalue weighted by atomic mass is 10.1. The lowest BCUT2D eigenvalue weighted by Crippen LogP contribution is -2.02. The molecule has 2 aromatic rings. The number of hydrogen-bond donors (Lipinski definition) is 2. The van der Waals surface area contributed by atoms with E-state index in [0.717, 1.165) is 11.4 Å². The normalized spacial score (nSPS) is 10.0. The number of nitrogens with one attached hydrogen (secondary N) is 2. The van der Waals surface area contributed by atoms with Crippen LogP contribution in [0.5, 0.6) is 0 Å². The molecule has 0 heterocycles. The van der Waals surface area contributed by atoms with Crippen molar-refractivity contribution >= 4 is 17.2 Å². The average molecular weight is 276 g/mol. The van der Waals surface area contributed by atoms with Crippen molar-refractivity contribution in [3.05, 3.63) is 72.4 Å². The summed E-state index contributed by atoms with van der Waals surface area (Å²) in [5, 5.41) is 6.21. The summed E-state index contributed by atoms with van der Waals surface area (Å²) in [5.41, 5.74) is 2.42. The van der Waals surface area contributed by atoms with Crippen molar-refractivity contribution in [2.24, 2.45) is 0 Å². The Kier molecular flexibility index (Phi) is 5.19. The van der Waals surface area contributed by atoms with Gasteiger partial charge in [0.1, 0.15) is 0 Å². The second-order valence-corrected chi connectivity index (χ2v) is 4.31. The van der Waals surface area contributed by atoms with Gasteiger partial charge in [-0.2, -0.15) is 0 Å². The Morgan fingerprint density at radius 1 is 1.05 bits per heavy atom. The Morgan fingerprint density at radius 2 is 1.71 bits per heavy atom. The summed E-state index contributed by atoms with van der Waals surface area (Å²) in [6.45, 7) is 0.450. The summed E-state index contributed by atoms with van der Waals surface area (Å²) < 4.78 is 0. The minimum atomic E-state index is -0.0443. The highest BCUT2D eigenvalue weighted by Crippen LogP contribution is 2.20. The van der Waals surface area contributed by atoms with Crippen LogP contribution in [0.3, 0.4) is 0 Å². The van der Waals surface area contributed by atoms with Gasteiger partial charge in [-0.05, 0) is 12.1 Å². The third-order valence-electron chi connectivity index (χ3n) is 2.84. The van der Waals surface area contributed by atoms with Gasteiger partial charge in [0.2, 0.25) is 0 Å². The van der Waals surface area contributed by atoms with Crippen molar-refractivity contribution in [3.63, 3.8) is 0 Å². The number of rotatable bonds is 6. The smallest absolute Gasteiger partial charge is 0.187 e. The predicted octanol–water partition coefficient (Wildman–Crippen LogP) is 3.54. The highest BCUT2D eigenvalue weighted by molar-refractivity contribution is 6.04. The predicted molar refractivity (Wildman–Crippen MR) is 87.3 cm³/mol. The van der Waals surface area contributed by atoms with Crippen LogP contribution in [0.2, 0.25) is 0 Å². The van der Waals surface area contributed by atoms with Gasteiger partial charge in [-0.15, -0.1) is 6.42 Å². The maximum Gasteiger partial charge on any atom is 0.187 e. The number of carbonyl (C=O) groups excluding carboxylic acids is 1. The second kappa shape index (κ2) is 7.56. The van der Waals surface area contributed by atoms with E-state index in [4.69, 9.17) is 6.42 Å². The first-order valence-electron chi connectivity index (χ1n) is 6.60. The number of allylic oxidation sites excluding steroid dienone is 1. The van der Waals surface area contributed by atoms with Gasteiger partial charge in [0.05, 0.1) is 17.9 Å². The fourth-order valence-electron chi connectivity index (χ4n) is 1.82. The first-order valence-corrected chi connectivity index (χ1v) is 6.60. The summed E-state index contributed by atoms with van der Waals surface area (Å²) in [4.78, 5) is 11.9. The number of para-hydroxylation sites is 2. The largest absolute Gasteiger partial charge is 0.372 e. The molecule has 104 valence electrons. The van der Waals surface area contributed by atoms with Gasteiger partial charge in [0, 0.05) is 17.8 Å². The van der Waals surface area contributed by atoms with Crippen LogP contribution >= 0.6 is 0 Å². The van der Waals surface area contributed by atoms with Crippen molar-refractivity contribution < 1.29 is 4.79 Å². The van der Waals surface area contributed by atoms with E-state index in [2.05, 4.69) is 16.6 Å². The van der Waals surface area contributed by atoms with Crippen LogP contribution < -0.4 is 10.6 Å². The lowest BCUT2D eigenvalue weighted by Gasteiger charge is -2.09. The summed E-state index contributed by atoms with van der Waals surface area (Å²) >= 11 is 0. The molecular formula is C18H16N2O.